The minimum absolute atomic E-state index is 0.229. The molecular weight excluding hydrogens is 272 g/mol. The van der Waals surface area contributed by atoms with Crippen molar-refractivity contribution in [1.29, 1.82) is 0 Å². The van der Waals surface area contributed by atoms with Gasteiger partial charge >= 0.3 is 0 Å². The molecule has 0 saturated carbocycles. The number of nitrogens with one attached hydrogen (secondary N) is 1. The molecule has 1 heterocycles. The van der Waals surface area contributed by atoms with Crippen molar-refractivity contribution in [3.05, 3.63) is 59.3 Å². The van der Waals surface area contributed by atoms with E-state index in [1.807, 2.05) is 13.0 Å². The first-order valence-corrected chi connectivity index (χ1v) is 6.99. The molecule has 0 aliphatic rings. The Hall–Kier alpha value is -2.01. The van der Waals surface area contributed by atoms with Gasteiger partial charge in [-0.25, -0.2) is 13.8 Å². The highest BCUT2D eigenvalue weighted by atomic mass is 19.1. The lowest BCUT2D eigenvalue weighted by Gasteiger charge is -2.20. The number of aromatic nitrogens is 1. The number of pyridine rings is 1. The number of anilines is 1. The van der Waals surface area contributed by atoms with Gasteiger partial charge in [0.25, 0.3) is 0 Å². The van der Waals surface area contributed by atoms with Crippen LogP contribution in [0.4, 0.5) is 14.6 Å². The number of halogens is 2. The fourth-order valence-electron chi connectivity index (χ4n) is 2.25. The molecule has 1 aromatic carbocycles. The number of nitrogens with two attached hydrogens (primary N) is 1. The average Bonchev–Trinajstić information content (AvgIpc) is 2.44. The Balaban J connectivity index is 2.25. The molecule has 0 aliphatic carbocycles. The van der Waals surface area contributed by atoms with Crippen LogP contribution in [-0.2, 0) is 6.42 Å². The molecule has 21 heavy (non-hydrogen) atoms. The monoisotopic (exact) mass is 291 g/mol. The van der Waals surface area contributed by atoms with Crippen LogP contribution in [0, 0.1) is 11.6 Å². The summed E-state index contributed by atoms with van der Waals surface area (Å²) in [5, 5.41) is 3.29. The molecule has 1 unspecified atom stereocenters. The fourth-order valence-corrected chi connectivity index (χ4v) is 2.25. The first-order chi connectivity index (χ1) is 10.1. The lowest BCUT2D eigenvalue weighted by molar-refractivity contribution is 0.491. The van der Waals surface area contributed by atoms with Crippen molar-refractivity contribution in [3.63, 3.8) is 0 Å². The minimum atomic E-state index is -0.571. The maximum Gasteiger partial charge on any atom is 0.130 e. The fraction of sp³-hybridized carbons (Fsp3) is 0.312. The van der Waals surface area contributed by atoms with Crippen LogP contribution in [-0.4, -0.2) is 11.5 Å². The highest BCUT2D eigenvalue weighted by Gasteiger charge is 2.16. The van der Waals surface area contributed by atoms with Gasteiger partial charge in [-0.1, -0.05) is 13.0 Å². The summed E-state index contributed by atoms with van der Waals surface area (Å²) in [7, 11) is 0. The van der Waals surface area contributed by atoms with Crippen LogP contribution in [0.3, 0.4) is 0 Å². The van der Waals surface area contributed by atoms with Crippen molar-refractivity contribution in [2.45, 2.75) is 25.8 Å². The molecule has 0 fully saturated rings. The van der Waals surface area contributed by atoms with Crippen molar-refractivity contribution < 1.29 is 8.78 Å². The van der Waals surface area contributed by atoms with Crippen LogP contribution in [0.25, 0.3) is 0 Å². The summed E-state index contributed by atoms with van der Waals surface area (Å²) in [5.41, 5.74) is 7.08. The van der Waals surface area contributed by atoms with E-state index in [0.29, 0.717) is 17.8 Å². The van der Waals surface area contributed by atoms with Gasteiger partial charge in [-0.3, -0.25) is 0 Å². The van der Waals surface area contributed by atoms with E-state index >= 15 is 0 Å². The quantitative estimate of drug-likeness (QED) is 0.859. The third kappa shape index (κ3) is 4.23. The summed E-state index contributed by atoms with van der Waals surface area (Å²) in [6.07, 6.45) is 3.12. The highest BCUT2D eigenvalue weighted by Crippen LogP contribution is 2.22. The number of hydrogen-bond donors (Lipinski definition) is 2. The second-order valence-electron chi connectivity index (χ2n) is 4.97. The van der Waals surface area contributed by atoms with E-state index in [-0.39, 0.29) is 6.04 Å². The maximum atomic E-state index is 14.0. The third-order valence-corrected chi connectivity index (χ3v) is 3.26. The van der Waals surface area contributed by atoms with Crippen LogP contribution in [0.15, 0.2) is 36.5 Å². The summed E-state index contributed by atoms with van der Waals surface area (Å²) in [6.45, 7) is 2.79. The first kappa shape index (κ1) is 15.4. The van der Waals surface area contributed by atoms with E-state index in [2.05, 4.69) is 10.3 Å². The molecule has 0 saturated heterocycles. The Morgan fingerprint density at radius 1 is 1.24 bits per heavy atom. The molecule has 112 valence electrons. The third-order valence-electron chi connectivity index (χ3n) is 3.26. The van der Waals surface area contributed by atoms with Gasteiger partial charge in [-0.05, 0) is 43.1 Å². The Morgan fingerprint density at radius 2 is 2.05 bits per heavy atom. The molecule has 0 radical (unpaired) electrons. The van der Waals surface area contributed by atoms with Crippen molar-refractivity contribution in [1.82, 2.24) is 10.3 Å². The molecule has 1 aromatic heterocycles. The SMILES string of the molecule is CCCNC(Cc1ccnc(N)c1)c1ccc(F)cc1F. The van der Waals surface area contributed by atoms with Gasteiger partial charge in [-0.2, -0.15) is 0 Å². The molecule has 0 spiro atoms. The van der Waals surface area contributed by atoms with Crippen LogP contribution in [0.2, 0.25) is 0 Å². The summed E-state index contributed by atoms with van der Waals surface area (Å²) < 4.78 is 27.1. The number of nitrogen functional groups attached to an aromatic ring is 1. The lowest BCUT2D eigenvalue weighted by atomic mass is 9.98. The van der Waals surface area contributed by atoms with Crippen LogP contribution < -0.4 is 11.1 Å². The topological polar surface area (TPSA) is 50.9 Å². The van der Waals surface area contributed by atoms with E-state index in [9.17, 15) is 8.78 Å². The predicted octanol–water partition coefficient (Wildman–Crippen LogP) is 3.23. The molecule has 3 nitrogen and oxygen atoms in total. The zero-order valence-electron chi connectivity index (χ0n) is 11.9. The summed E-state index contributed by atoms with van der Waals surface area (Å²) in [6, 6.07) is 7.06. The molecule has 1 atom stereocenters. The Labute approximate surface area is 123 Å². The van der Waals surface area contributed by atoms with E-state index < -0.39 is 11.6 Å². The summed E-state index contributed by atoms with van der Waals surface area (Å²) in [4.78, 5) is 3.94. The number of nitrogens with zero attached hydrogens (tertiary/aromatic N) is 1. The van der Waals surface area contributed by atoms with Gasteiger partial charge in [0.05, 0.1) is 0 Å². The Bertz CT molecular complexity index is 602. The number of benzene rings is 1. The number of hydrogen-bond acceptors (Lipinski definition) is 3. The zero-order valence-corrected chi connectivity index (χ0v) is 11.9. The largest absolute Gasteiger partial charge is 0.384 e. The smallest absolute Gasteiger partial charge is 0.130 e. The predicted molar refractivity (Wildman–Crippen MR) is 79.7 cm³/mol. The van der Waals surface area contributed by atoms with E-state index in [0.717, 1.165) is 24.6 Å². The molecule has 3 N–H and O–H groups in total. The lowest BCUT2D eigenvalue weighted by Crippen LogP contribution is -2.25. The molecular formula is C16H19F2N3. The standard InChI is InChI=1S/C16H19F2N3/c1-2-6-20-15(8-11-5-7-21-16(19)9-11)13-4-3-12(17)10-14(13)18/h3-5,7,9-10,15,20H,2,6,8H2,1H3,(H2,19,21). The molecule has 0 aliphatic heterocycles. The van der Waals surface area contributed by atoms with Crippen molar-refractivity contribution >= 4 is 5.82 Å². The number of rotatable bonds is 6. The van der Waals surface area contributed by atoms with Crippen molar-refractivity contribution in [2.24, 2.45) is 0 Å². The van der Waals surface area contributed by atoms with Crippen molar-refractivity contribution in [3.8, 4) is 0 Å². The van der Waals surface area contributed by atoms with Gasteiger partial charge < -0.3 is 11.1 Å². The average molecular weight is 291 g/mol. The van der Waals surface area contributed by atoms with E-state index in [1.165, 1.54) is 12.1 Å². The molecule has 5 heteroatoms. The normalized spacial score (nSPS) is 12.3. The molecule has 2 rings (SSSR count). The van der Waals surface area contributed by atoms with Gasteiger partial charge in [0.1, 0.15) is 17.5 Å². The van der Waals surface area contributed by atoms with Crippen molar-refractivity contribution in [2.75, 3.05) is 12.3 Å². The zero-order chi connectivity index (χ0) is 15.2. The maximum absolute atomic E-state index is 14.0. The van der Waals surface area contributed by atoms with Gasteiger partial charge in [0.15, 0.2) is 0 Å². The molecule has 0 bridgehead atoms. The molecule has 2 aromatic rings. The van der Waals surface area contributed by atoms with Crippen LogP contribution in [0.5, 0.6) is 0 Å². The highest BCUT2D eigenvalue weighted by molar-refractivity contribution is 5.33. The molecule has 0 amide bonds. The minimum Gasteiger partial charge on any atom is -0.384 e. The van der Waals surface area contributed by atoms with Gasteiger partial charge in [0, 0.05) is 23.9 Å². The Morgan fingerprint density at radius 3 is 2.71 bits per heavy atom. The second kappa shape index (κ2) is 7.13. The van der Waals surface area contributed by atoms with E-state index in [1.54, 1.807) is 12.3 Å². The Kier molecular flexibility index (Phi) is 5.22. The summed E-state index contributed by atoms with van der Waals surface area (Å²) >= 11 is 0. The van der Waals surface area contributed by atoms with Crippen LogP contribution >= 0.6 is 0 Å². The van der Waals surface area contributed by atoms with E-state index in [4.69, 9.17) is 5.73 Å². The van der Waals surface area contributed by atoms with Gasteiger partial charge in [-0.15, -0.1) is 0 Å². The first-order valence-electron chi connectivity index (χ1n) is 6.99. The van der Waals surface area contributed by atoms with Gasteiger partial charge in [0.2, 0.25) is 0 Å². The summed E-state index contributed by atoms with van der Waals surface area (Å²) in [5.74, 6) is -0.675. The second-order valence-corrected chi connectivity index (χ2v) is 4.97. The van der Waals surface area contributed by atoms with Crippen LogP contribution in [0.1, 0.15) is 30.5 Å².